The molecule has 0 unspecified atom stereocenters. The zero-order chi connectivity index (χ0) is 36.6. The standard InChI is InChI=1S/C51H34N4/c1-4-12-35(13-5-1)36-20-22-39(23-21-36)43-30-33-46-45-18-10-11-19-47(45)55(48(46)34-43)44-31-28-38(29-32-44)37-24-26-42(27-25-37)51-53-49(40-14-6-2-7-15-40)52-50(54-51)41-16-8-3-9-17-41/h1-34H. The van der Waals surface area contributed by atoms with Crippen LogP contribution in [0.2, 0.25) is 0 Å². The molecule has 4 heteroatoms. The number of fused-ring (bicyclic) bond motifs is 3. The molecule has 0 radical (unpaired) electrons. The van der Waals surface area contributed by atoms with E-state index in [0.29, 0.717) is 17.5 Å². The molecule has 0 N–H and O–H groups in total. The molecule has 8 aromatic carbocycles. The van der Waals surface area contributed by atoms with Crippen molar-refractivity contribution >= 4 is 21.8 Å². The average Bonchev–Trinajstić information content (AvgIpc) is 3.61. The van der Waals surface area contributed by atoms with E-state index in [1.807, 2.05) is 60.7 Å². The third kappa shape index (κ3) is 6.16. The summed E-state index contributed by atoms with van der Waals surface area (Å²) in [5.74, 6) is 1.96. The van der Waals surface area contributed by atoms with E-state index in [1.165, 1.54) is 44.1 Å². The fourth-order valence-electron chi connectivity index (χ4n) is 7.47. The van der Waals surface area contributed by atoms with Crippen LogP contribution in [-0.4, -0.2) is 19.5 Å². The van der Waals surface area contributed by atoms with E-state index in [2.05, 4.69) is 150 Å². The Hall–Kier alpha value is -7.43. The van der Waals surface area contributed by atoms with Crippen LogP contribution in [0.1, 0.15) is 0 Å². The van der Waals surface area contributed by atoms with E-state index in [9.17, 15) is 0 Å². The maximum Gasteiger partial charge on any atom is 0.164 e. The van der Waals surface area contributed by atoms with Crippen molar-refractivity contribution in [1.82, 2.24) is 19.5 Å². The molecular formula is C51H34N4. The highest BCUT2D eigenvalue weighted by molar-refractivity contribution is 6.10. The summed E-state index contributed by atoms with van der Waals surface area (Å²) in [7, 11) is 0. The highest BCUT2D eigenvalue weighted by Gasteiger charge is 2.15. The molecule has 0 fully saturated rings. The molecule has 55 heavy (non-hydrogen) atoms. The van der Waals surface area contributed by atoms with Crippen molar-refractivity contribution in [3.8, 4) is 73.2 Å². The fourth-order valence-corrected chi connectivity index (χ4v) is 7.47. The summed E-state index contributed by atoms with van der Waals surface area (Å²) in [6.07, 6.45) is 0. The van der Waals surface area contributed by atoms with E-state index >= 15 is 0 Å². The Balaban J connectivity index is 0.980. The lowest BCUT2D eigenvalue weighted by Crippen LogP contribution is -2.00. The molecule has 0 saturated carbocycles. The van der Waals surface area contributed by atoms with E-state index in [1.54, 1.807) is 0 Å². The fraction of sp³-hybridized carbons (Fsp3) is 0. The van der Waals surface area contributed by atoms with Crippen molar-refractivity contribution in [2.45, 2.75) is 0 Å². The Morgan fingerprint density at radius 2 is 0.600 bits per heavy atom. The average molecular weight is 703 g/mol. The molecule has 0 aliphatic heterocycles. The van der Waals surface area contributed by atoms with Gasteiger partial charge >= 0.3 is 0 Å². The van der Waals surface area contributed by atoms with Crippen LogP contribution in [0.3, 0.4) is 0 Å². The quantitative estimate of drug-likeness (QED) is 0.166. The van der Waals surface area contributed by atoms with Gasteiger partial charge in [0.25, 0.3) is 0 Å². The van der Waals surface area contributed by atoms with E-state index in [-0.39, 0.29) is 0 Å². The summed E-state index contributed by atoms with van der Waals surface area (Å²) in [4.78, 5) is 14.7. The molecular weight excluding hydrogens is 669 g/mol. The highest BCUT2D eigenvalue weighted by Crippen LogP contribution is 2.36. The van der Waals surface area contributed by atoms with Gasteiger partial charge in [-0.25, -0.2) is 15.0 Å². The largest absolute Gasteiger partial charge is 0.309 e. The lowest BCUT2D eigenvalue weighted by molar-refractivity contribution is 1.07. The Labute approximate surface area is 319 Å². The second-order valence-electron chi connectivity index (χ2n) is 13.7. The van der Waals surface area contributed by atoms with Crippen LogP contribution in [0.15, 0.2) is 206 Å². The van der Waals surface area contributed by atoms with Crippen LogP contribution in [0.5, 0.6) is 0 Å². The molecule has 0 aliphatic carbocycles. The van der Waals surface area contributed by atoms with Crippen LogP contribution in [0.4, 0.5) is 0 Å². The van der Waals surface area contributed by atoms with Gasteiger partial charge in [0.2, 0.25) is 0 Å². The van der Waals surface area contributed by atoms with Crippen LogP contribution < -0.4 is 0 Å². The first-order chi connectivity index (χ1) is 27.2. The number of aromatic nitrogens is 4. The lowest BCUT2D eigenvalue weighted by Gasteiger charge is -2.11. The van der Waals surface area contributed by atoms with Crippen molar-refractivity contribution < 1.29 is 0 Å². The number of hydrogen-bond donors (Lipinski definition) is 0. The van der Waals surface area contributed by atoms with Gasteiger partial charge in [0.1, 0.15) is 0 Å². The summed E-state index contributed by atoms with van der Waals surface area (Å²) in [6.45, 7) is 0. The van der Waals surface area contributed by atoms with Crippen molar-refractivity contribution in [3.63, 3.8) is 0 Å². The summed E-state index contributed by atoms with van der Waals surface area (Å²) >= 11 is 0. The molecule has 0 amide bonds. The van der Waals surface area contributed by atoms with Crippen LogP contribution in [-0.2, 0) is 0 Å². The molecule has 10 rings (SSSR count). The minimum absolute atomic E-state index is 0.646. The molecule has 0 bridgehead atoms. The monoisotopic (exact) mass is 702 g/mol. The first kappa shape index (κ1) is 32.2. The zero-order valence-electron chi connectivity index (χ0n) is 29.9. The van der Waals surface area contributed by atoms with Crippen molar-refractivity contribution in [2.24, 2.45) is 0 Å². The summed E-state index contributed by atoms with van der Waals surface area (Å²) < 4.78 is 2.38. The molecule has 2 heterocycles. The van der Waals surface area contributed by atoms with Gasteiger partial charge in [-0.1, -0.05) is 182 Å². The molecule has 0 saturated heterocycles. The van der Waals surface area contributed by atoms with Crippen molar-refractivity contribution in [3.05, 3.63) is 206 Å². The smallest absolute Gasteiger partial charge is 0.164 e. The molecule has 2 aromatic heterocycles. The van der Waals surface area contributed by atoms with Crippen LogP contribution in [0, 0.1) is 0 Å². The third-order valence-corrected chi connectivity index (χ3v) is 10.3. The summed E-state index contributed by atoms with van der Waals surface area (Å²) in [6, 6.07) is 72.4. The minimum atomic E-state index is 0.646. The maximum absolute atomic E-state index is 4.91. The first-order valence-corrected chi connectivity index (χ1v) is 18.5. The molecule has 0 atom stereocenters. The molecule has 10 aromatic rings. The maximum atomic E-state index is 4.91. The zero-order valence-corrected chi connectivity index (χ0v) is 29.9. The molecule has 4 nitrogen and oxygen atoms in total. The Morgan fingerprint density at radius 3 is 1.13 bits per heavy atom. The second kappa shape index (κ2) is 13.8. The van der Waals surface area contributed by atoms with Gasteiger partial charge in [-0.2, -0.15) is 0 Å². The van der Waals surface area contributed by atoms with Gasteiger partial charge < -0.3 is 4.57 Å². The summed E-state index contributed by atoms with van der Waals surface area (Å²) in [5.41, 5.74) is 13.4. The Bertz CT molecular complexity index is 2860. The van der Waals surface area contributed by atoms with Gasteiger partial charge in [0.15, 0.2) is 17.5 Å². The number of hydrogen-bond acceptors (Lipinski definition) is 3. The Morgan fingerprint density at radius 1 is 0.255 bits per heavy atom. The number of rotatable bonds is 7. The normalized spacial score (nSPS) is 11.3. The van der Waals surface area contributed by atoms with Crippen LogP contribution in [0.25, 0.3) is 95.0 Å². The van der Waals surface area contributed by atoms with Gasteiger partial charge in [0, 0.05) is 33.2 Å². The molecule has 258 valence electrons. The van der Waals surface area contributed by atoms with Gasteiger partial charge in [-0.05, 0) is 57.6 Å². The topological polar surface area (TPSA) is 43.6 Å². The first-order valence-electron chi connectivity index (χ1n) is 18.5. The lowest BCUT2D eigenvalue weighted by atomic mass is 9.99. The van der Waals surface area contributed by atoms with Gasteiger partial charge in [0.05, 0.1) is 11.0 Å². The van der Waals surface area contributed by atoms with E-state index < -0.39 is 0 Å². The van der Waals surface area contributed by atoms with E-state index in [4.69, 9.17) is 15.0 Å². The van der Waals surface area contributed by atoms with E-state index in [0.717, 1.165) is 33.5 Å². The number of nitrogens with zero attached hydrogens (tertiary/aromatic N) is 4. The van der Waals surface area contributed by atoms with Gasteiger partial charge in [-0.3, -0.25) is 0 Å². The third-order valence-electron chi connectivity index (χ3n) is 10.3. The van der Waals surface area contributed by atoms with Gasteiger partial charge in [-0.15, -0.1) is 0 Å². The highest BCUT2D eigenvalue weighted by atomic mass is 15.0. The Kier molecular flexibility index (Phi) is 8.12. The summed E-state index contributed by atoms with van der Waals surface area (Å²) in [5, 5.41) is 2.48. The SMILES string of the molecule is c1ccc(-c2ccc(-c3ccc4c5ccccc5n(-c5ccc(-c6ccc(-c7nc(-c8ccccc8)nc(-c8ccccc8)n7)cc6)cc5)c4c3)cc2)cc1. The van der Waals surface area contributed by atoms with Crippen LogP contribution >= 0.6 is 0 Å². The van der Waals surface area contributed by atoms with Crippen molar-refractivity contribution in [1.29, 1.82) is 0 Å². The second-order valence-corrected chi connectivity index (χ2v) is 13.7. The molecule has 0 aliphatic rings. The predicted molar refractivity (Wildman–Crippen MR) is 227 cm³/mol. The molecule has 0 spiro atoms. The van der Waals surface area contributed by atoms with Crippen molar-refractivity contribution in [2.75, 3.05) is 0 Å². The predicted octanol–water partition coefficient (Wildman–Crippen LogP) is 13.0. The minimum Gasteiger partial charge on any atom is -0.309 e. The number of para-hydroxylation sites is 1. The number of benzene rings is 8.